The van der Waals surface area contributed by atoms with Crippen molar-refractivity contribution in [3.8, 4) is 17.6 Å². The number of oxime groups is 1. The van der Waals surface area contributed by atoms with Crippen molar-refractivity contribution in [2.45, 2.75) is 62.7 Å². The number of phenols is 1. The molecule has 3 N–H and O–H groups in total. The van der Waals surface area contributed by atoms with Crippen LogP contribution in [-0.2, 0) is 9.57 Å². The number of carbonyl (C=O) groups excluding carboxylic acids is 1. The molecule has 2 aliphatic carbocycles. The number of ether oxygens (including phenoxy) is 2. The second-order valence-corrected chi connectivity index (χ2v) is 12.6. The van der Waals surface area contributed by atoms with Crippen LogP contribution < -0.4 is 4.74 Å². The van der Waals surface area contributed by atoms with Crippen LogP contribution in [0.2, 0.25) is 0 Å². The number of aliphatic hydroxyl groups is 2. The predicted molar refractivity (Wildman–Crippen MR) is 177 cm³/mol. The fraction of sp³-hybridized carbons (Fsp3) is 0.486. The number of allylic oxidation sites excluding steroid dienone is 1. The molecule has 0 spiro atoms. The van der Waals surface area contributed by atoms with Gasteiger partial charge in [-0.05, 0) is 85.6 Å². The van der Waals surface area contributed by atoms with E-state index in [0.717, 1.165) is 36.8 Å². The van der Waals surface area contributed by atoms with Crippen molar-refractivity contribution in [2.24, 2.45) is 22.9 Å². The monoisotopic (exact) mass is 643 g/mol. The van der Waals surface area contributed by atoms with Crippen molar-refractivity contribution in [3.05, 3.63) is 83.5 Å². The Balaban J connectivity index is 1.72. The molecule has 10 nitrogen and oxygen atoms in total. The topological polar surface area (TPSA) is 145 Å². The highest BCUT2D eigenvalue weighted by atomic mass is 16.7. The van der Waals surface area contributed by atoms with Crippen LogP contribution in [0.1, 0.15) is 72.3 Å². The van der Waals surface area contributed by atoms with Crippen LogP contribution in [0, 0.1) is 29.1 Å². The fourth-order valence-corrected chi connectivity index (χ4v) is 7.88. The summed E-state index contributed by atoms with van der Waals surface area (Å²) >= 11 is 0. The summed E-state index contributed by atoms with van der Waals surface area (Å²) < 4.78 is 13.8. The Kier molecular flexibility index (Phi) is 11.0. The molecule has 1 saturated carbocycles. The van der Waals surface area contributed by atoms with E-state index in [1.165, 1.54) is 7.11 Å². The van der Waals surface area contributed by atoms with E-state index in [1.807, 2.05) is 0 Å². The summed E-state index contributed by atoms with van der Waals surface area (Å²) in [5.41, 5.74) is 3.36. The Morgan fingerprint density at radius 1 is 1.15 bits per heavy atom. The first-order valence-corrected chi connectivity index (χ1v) is 16.4. The van der Waals surface area contributed by atoms with Gasteiger partial charge in [0.25, 0.3) is 5.91 Å². The van der Waals surface area contributed by atoms with Gasteiger partial charge in [-0.1, -0.05) is 30.1 Å². The van der Waals surface area contributed by atoms with Crippen molar-refractivity contribution >= 4 is 11.6 Å². The lowest BCUT2D eigenvalue weighted by molar-refractivity contribution is -0.252. The van der Waals surface area contributed by atoms with Gasteiger partial charge >= 0.3 is 0 Å². The zero-order valence-corrected chi connectivity index (χ0v) is 27.2. The molecule has 0 aromatic heterocycles. The number of carbonyl (C=O) groups is 1. The maximum atomic E-state index is 14.1. The van der Waals surface area contributed by atoms with Crippen LogP contribution in [0.15, 0.2) is 71.9 Å². The SMILES string of the molecule is C=CCO[C@@]12Oc3ccc(O)cc3[C@H]3[C@H](CCCCO)[C@@H](CCCCO)C=C(C(=NOC)C[C@@H]1N(C)C(=O)c1ccc(C#N)cc1)[C@H]32. The molecule has 0 bridgehead atoms. The smallest absolute Gasteiger partial charge is 0.254 e. The van der Waals surface area contributed by atoms with Gasteiger partial charge in [-0.15, -0.1) is 6.58 Å². The predicted octanol–water partition coefficient (Wildman–Crippen LogP) is 5.30. The second kappa shape index (κ2) is 15.2. The average Bonchev–Trinajstić information content (AvgIpc) is 3.09. The first kappa shape index (κ1) is 34.2. The third-order valence-corrected chi connectivity index (χ3v) is 9.91. The molecular formula is C37H45N3O7. The normalized spacial score (nSPS) is 26.7. The third kappa shape index (κ3) is 6.66. The summed E-state index contributed by atoms with van der Waals surface area (Å²) in [6.45, 7) is 4.29. The van der Waals surface area contributed by atoms with Crippen LogP contribution in [0.25, 0.3) is 0 Å². The number of nitrogens with zero attached hydrogens (tertiary/aromatic N) is 3. The molecule has 6 atom stereocenters. The minimum Gasteiger partial charge on any atom is -0.508 e. The number of hydrogen-bond donors (Lipinski definition) is 3. The van der Waals surface area contributed by atoms with E-state index in [1.54, 1.807) is 60.5 Å². The maximum Gasteiger partial charge on any atom is 0.254 e. The molecule has 0 radical (unpaired) electrons. The number of phenolic OH excluding ortho intramolecular Hbond substituents is 1. The highest BCUT2D eigenvalue weighted by molar-refractivity contribution is 6.03. The van der Waals surface area contributed by atoms with Crippen molar-refractivity contribution in [2.75, 3.05) is 34.0 Å². The van der Waals surface area contributed by atoms with Gasteiger partial charge < -0.3 is 34.5 Å². The van der Waals surface area contributed by atoms with E-state index in [2.05, 4.69) is 23.9 Å². The molecule has 1 aliphatic heterocycles. The Bertz CT molecular complexity index is 1530. The molecule has 1 amide bonds. The van der Waals surface area contributed by atoms with Crippen LogP contribution in [-0.4, -0.2) is 77.6 Å². The number of fused-ring (bicyclic) bond motifs is 2. The van der Waals surface area contributed by atoms with Crippen molar-refractivity contribution < 1.29 is 34.4 Å². The van der Waals surface area contributed by atoms with Gasteiger partial charge in [0.15, 0.2) is 0 Å². The van der Waals surface area contributed by atoms with Crippen molar-refractivity contribution in [3.63, 3.8) is 0 Å². The van der Waals surface area contributed by atoms with Crippen LogP contribution >= 0.6 is 0 Å². The van der Waals surface area contributed by atoms with E-state index in [0.29, 0.717) is 35.4 Å². The standard InChI is InChI=1S/C37H45N3O7/c1-4-19-46-37-33(40(2)36(44)25-13-11-24(23-38)12-14-25)22-31(39-45-3)29-20-26(9-5-7-17-41)28(10-6-8-18-42)34(35(29)37)30-21-27(43)15-16-32(30)47-37/h4,11-16,20-21,26,28,33-35,41-43H,1,5-10,17-19,22H2,2-3H3/t26-,28+,33-,34+,35+,37+/m0/s1. The number of amides is 1. The summed E-state index contributed by atoms with van der Waals surface area (Å²) in [5, 5.41) is 43.8. The number of likely N-dealkylation sites (N-methyl/N-ethyl adjacent to an activating group) is 1. The van der Waals surface area contributed by atoms with Crippen LogP contribution in [0.5, 0.6) is 11.5 Å². The highest BCUT2D eigenvalue weighted by Gasteiger charge is 2.65. The Morgan fingerprint density at radius 3 is 2.53 bits per heavy atom. The van der Waals surface area contributed by atoms with E-state index in [-0.39, 0.29) is 55.7 Å². The van der Waals surface area contributed by atoms with Gasteiger partial charge in [0.05, 0.1) is 29.9 Å². The largest absolute Gasteiger partial charge is 0.508 e. The maximum absolute atomic E-state index is 14.1. The van der Waals surface area contributed by atoms with E-state index >= 15 is 0 Å². The van der Waals surface area contributed by atoms with Crippen LogP contribution in [0.3, 0.4) is 0 Å². The lowest BCUT2D eigenvalue weighted by Crippen LogP contribution is -2.69. The number of aliphatic hydroxyl groups excluding tert-OH is 2. The summed E-state index contributed by atoms with van der Waals surface area (Å²) in [6.07, 6.45) is 8.85. The summed E-state index contributed by atoms with van der Waals surface area (Å²) in [4.78, 5) is 21.2. The van der Waals surface area contributed by atoms with Gasteiger partial charge in [-0.2, -0.15) is 5.26 Å². The average molecular weight is 644 g/mol. The molecule has 5 rings (SSSR count). The second-order valence-electron chi connectivity index (χ2n) is 12.6. The molecule has 2 aromatic carbocycles. The highest BCUT2D eigenvalue weighted by Crippen LogP contribution is 2.61. The number of rotatable bonds is 14. The fourth-order valence-electron chi connectivity index (χ4n) is 7.88. The molecule has 250 valence electrons. The zero-order chi connectivity index (χ0) is 33.6. The summed E-state index contributed by atoms with van der Waals surface area (Å²) in [6, 6.07) is 13.1. The van der Waals surface area contributed by atoms with Crippen molar-refractivity contribution in [1.29, 1.82) is 5.26 Å². The minimum atomic E-state index is -1.36. The number of benzene rings is 2. The zero-order valence-electron chi connectivity index (χ0n) is 27.2. The van der Waals surface area contributed by atoms with E-state index < -0.39 is 17.7 Å². The quantitative estimate of drug-likeness (QED) is 0.143. The molecule has 47 heavy (non-hydrogen) atoms. The first-order chi connectivity index (χ1) is 22.8. The molecule has 0 unspecified atom stereocenters. The summed E-state index contributed by atoms with van der Waals surface area (Å²) in [7, 11) is 3.24. The Hall–Kier alpha value is -4.17. The van der Waals surface area contributed by atoms with Crippen molar-refractivity contribution in [1.82, 2.24) is 4.90 Å². The molecule has 3 aliphatic rings. The number of nitriles is 1. The molecule has 1 heterocycles. The number of unbranched alkanes of at least 4 members (excludes halogenated alkanes) is 2. The third-order valence-electron chi connectivity index (χ3n) is 9.91. The van der Waals surface area contributed by atoms with Gasteiger partial charge in [0, 0.05) is 43.7 Å². The number of hydrogen-bond acceptors (Lipinski definition) is 9. The van der Waals surface area contributed by atoms with Gasteiger partial charge in [0.1, 0.15) is 24.7 Å². The summed E-state index contributed by atoms with van der Waals surface area (Å²) in [5.74, 6) is -1.37. The number of aromatic hydroxyl groups is 1. The lowest BCUT2D eigenvalue weighted by atomic mass is 9.55. The lowest BCUT2D eigenvalue weighted by Gasteiger charge is -2.59. The van der Waals surface area contributed by atoms with Gasteiger partial charge in [-0.3, -0.25) is 4.79 Å². The molecule has 10 heteroatoms. The first-order valence-electron chi connectivity index (χ1n) is 16.4. The van der Waals surface area contributed by atoms with Gasteiger partial charge in [-0.25, -0.2) is 0 Å². The Labute approximate surface area is 276 Å². The minimum absolute atomic E-state index is 0.0761. The van der Waals surface area contributed by atoms with Crippen LogP contribution in [0.4, 0.5) is 0 Å². The molecule has 0 saturated heterocycles. The molecular weight excluding hydrogens is 598 g/mol. The molecule has 1 fully saturated rings. The Morgan fingerprint density at radius 2 is 1.87 bits per heavy atom. The molecule has 2 aromatic rings. The van der Waals surface area contributed by atoms with Gasteiger partial charge in [0.2, 0.25) is 5.79 Å². The van der Waals surface area contributed by atoms with E-state index in [4.69, 9.17) is 14.3 Å². The van der Waals surface area contributed by atoms with E-state index in [9.17, 15) is 25.4 Å².